The molecule has 2 aromatic carbocycles. The van der Waals surface area contributed by atoms with E-state index in [9.17, 15) is 9.59 Å². The highest BCUT2D eigenvalue weighted by atomic mass is 35.5. The fraction of sp³-hybridized carbons (Fsp3) is 0.100. The van der Waals surface area contributed by atoms with Crippen LogP contribution in [0.1, 0.15) is 26.9 Å². The second-order valence-corrected chi connectivity index (χ2v) is 6.11. The number of alkyl halides is 1. The van der Waals surface area contributed by atoms with Crippen LogP contribution >= 0.6 is 11.6 Å². The van der Waals surface area contributed by atoms with Crippen LogP contribution in [-0.4, -0.2) is 17.0 Å². The van der Waals surface area contributed by atoms with Gasteiger partial charge in [-0.3, -0.25) is 4.79 Å². The van der Waals surface area contributed by atoms with Gasteiger partial charge in [0.05, 0.1) is 10.9 Å². The number of carbonyl (C=O) groups is 2. The number of carbonyl (C=O) groups excluding carboxylic acids is 1. The predicted molar refractivity (Wildman–Crippen MR) is 98.0 cm³/mol. The van der Waals surface area contributed by atoms with Gasteiger partial charge >= 0.3 is 5.97 Å². The lowest BCUT2D eigenvalue weighted by molar-refractivity contribution is -0.111. The summed E-state index contributed by atoms with van der Waals surface area (Å²) in [6, 6.07) is 14.0. The lowest BCUT2D eigenvalue weighted by atomic mass is 9.91. The molecule has 4 nitrogen and oxygen atoms in total. The molecule has 2 aromatic rings. The van der Waals surface area contributed by atoms with Crippen LogP contribution in [0.5, 0.6) is 0 Å². The number of halogens is 1. The molecule has 0 aromatic heterocycles. The van der Waals surface area contributed by atoms with Gasteiger partial charge in [-0.2, -0.15) is 0 Å². The van der Waals surface area contributed by atoms with Gasteiger partial charge in [-0.1, -0.05) is 36.4 Å². The maximum atomic E-state index is 12.0. The van der Waals surface area contributed by atoms with E-state index in [0.29, 0.717) is 5.69 Å². The first-order valence-corrected chi connectivity index (χ1v) is 8.22. The standard InChI is InChI=1S/C20H16ClNO3/c21-19-14(6-5-13-3-1-2-4-17(13)19)9-12-18(23)22-16-10-7-15(8-11-16)20(24)25/h1-4,6-12,19H,5H2,(H,22,23)(H,24,25)/b12-9+. The summed E-state index contributed by atoms with van der Waals surface area (Å²) in [4.78, 5) is 22.9. The molecule has 0 heterocycles. The highest BCUT2D eigenvalue weighted by Gasteiger charge is 2.19. The van der Waals surface area contributed by atoms with E-state index < -0.39 is 5.97 Å². The molecule has 0 radical (unpaired) electrons. The number of hydrogen-bond donors (Lipinski definition) is 2. The molecule has 0 spiro atoms. The topological polar surface area (TPSA) is 66.4 Å². The molecule has 3 rings (SSSR count). The highest BCUT2D eigenvalue weighted by molar-refractivity contribution is 6.23. The smallest absolute Gasteiger partial charge is 0.335 e. The summed E-state index contributed by atoms with van der Waals surface area (Å²) >= 11 is 6.50. The average Bonchev–Trinajstić information content (AvgIpc) is 2.62. The van der Waals surface area contributed by atoms with E-state index in [1.165, 1.54) is 23.8 Å². The average molecular weight is 354 g/mol. The summed E-state index contributed by atoms with van der Waals surface area (Å²) in [6.07, 6.45) is 5.96. The van der Waals surface area contributed by atoms with Gasteiger partial charge in [0.1, 0.15) is 0 Å². The van der Waals surface area contributed by atoms with Gasteiger partial charge in [-0.15, -0.1) is 11.6 Å². The zero-order valence-electron chi connectivity index (χ0n) is 13.3. The van der Waals surface area contributed by atoms with Crippen LogP contribution < -0.4 is 5.32 Å². The van der Waals surface area contributed by atoms with E-state index in [0.717, 1.165) is 17.6 Å². The van der Waals surface area contributed by atoms with Crippen molar-refractivity contribution >= 4 is 29.2 Å². The minimum Gasteiger partial charge on any atom is -0.478 e. The van der Waals surface area contributed by atoms with Crippen LogP contribution in [-0.2, 0) is 11.2 Å². The number of anilines is 1. The number of allylic oxidation sites excluding steroid dienone is 3. The van der Waals surface area contributed by atoms with Crippen LogP contribution in [0.2, 0.25) is 0 Å². The first-order valence-electron chi connectivity index (χ1n) is 7.79. The van der Waals surface area contributed by atoms with E-state index in [4.69, 9.17) is 16.7 Å². The second-order valence-electron chi connectivity index (χ2n) is 5.67. The van der Waals surface area contributed by atoms with Gasteiger partial charge in [0.2, 0.25) is 5.91 Å². The van der Waals surface area contributed by atoms with Crippen LogP contribution in [0.25, 0.3) is 0 Å². The first kappa shape index (κ1) is 17.0. The number of carboxylic acids is 1. The van der Waals surface area contributed by atoms with Crippen LogP contribution in [0.15, 0.2) is 72.3 Å². The van der Waals surface area contributed by atoms with Crippen molar-refractivity contribution in [3.63, 3.8) is 0 Å². The minimum atomic E-state index is -1.00. The third kappa shape index (κ3) is 3.98. The predicted octanol–water partition coefficient (Wildman–Crippen LogP) is 4.34. The number of benzene rings is 2. The molecule has 1 unspecified atom stereocenters. The van der Waals surface area contributed by atoms with Crippen molar-refractivity contribution in [2.45, 2.75) is 11.8 Å². The normalized spacial score (nSPS) is 16.2. The van der Waals surface area contributed by atoms with Gasteiger partial charge in [0, 0.05) is 11.8 Å². The molecule has 5 heteroatoms. The van der Waals surface area contributed by atoms with Crippen LogP contribution in [0.4, 0.5) is 5.69 Å². The monoisotopic (exact) mass is 353 g/mol. The Morgan fingerprint density at radius 2 is 1.84 bits per heavy atom. The molecule has 1 atom stereocenters. The number of nitrogens with one attached hydrogen (secondary N) is 1. The summed E-state index contributed by atoms with van der Waals surface area (Å²) in [6.45, 7) is 0. The first-order chi connectivity index (χ1) is 12.0. The fourth-order valence-electron chi connectivity index (χ4n) is 2.68. The Balaban J connectivity index is 1.65. The van der Waals surface area contributed by atoms with Crippen molar-refractivity contribution in [2.24, 2.45) is 0 Å². The summed E-state index contributed by atoms with van der Waals surface area (Å²) in [5.41, 5.74) is 3.85. The summed E-state index contributed by atoms with van der Waals surface area (Å²) < 4.78 is 0. The van der Waals surface area contributed by atoms with Crippen molar-refractivity contribution in [2.75, 3.05) is 5.32 Å². The Labute approximate surface area is 150 Å². The quantitative estimate of drug-likeness (QED) is 0.634. The highest BCUT2D eigenvalue weighted by Crippen LogP contribution is 2.36. The number of fused-ring (bicyclic) bond motifs is 1. The number of amides is 1. The molecule has 1 aliphatic carbocycles. The molecule has 0 bridgehead atoms. The Kier molecular flexibility index (Phi) is 5.00. The maximum absolute atomic E-state index is 12.0. The Hall–Kier alpha value is -2.85. The summed E-state index contributed by atoms with van der Waals surface area (Å²) in [5.74, 6) is -1.30. The largest absolute Gasteiger partial charge is 0.478 e. The minimum absolute atomic E-state index is 0.171. The number of aromatic carboxylic acids is 1. The van der Waals surface area contributed by atoms with Crippen molar-refractivity contribution in [1.82, 2.24) is 0 Å². The number of rotatable bonds is 4. The molecule has 0 saturated heterocycles. The fourth-order valence-corrected chi connectivity index (χ4v) is 3.06. The zero-order chi connectivity index (χ0) is 17.8. The van der Waals surface area contributed by atoms with Gasteiger partial charge in [0.15, 0.2) is 0 Å². The second kappa shape index (κ2) is 7.36. The third-order valence-electron chi connectivity index (χ3n) is 4.01. The van der Waals surface area contributed by atoms with Crippen molar-refractivity contribution in [1.29, 1.82) is 0 Å². The van der Waals surface area contributed by atoms with Crippen LogP contribution in [0, 0.1) is 0 Å². The maximum Gasteiger partial charge on any atom is 0.335 e. The van der Waals surface area contributed by atoms with Crippen molar-refractivity contribution in [3.05, 3.63) is 89.0 Å². The number of hydrogen-bond acceptors (Lipinski definition) is 2. The lowest BCUT2D eigenvalue weighted by Crippen LogP contribution is -2.09. The van der Waals surface area contributed by atoms with Crippen LogP contribution in [0.3, 0.4) is 0 Å². The molecular weight excluding hydrogens is 338 g/mol. The molecule has 2 N–H and O–H groups in total. The molecule has 0 aliphatic heterocycles. The van der Waals surface area contributed by atoms with E-state index in [1.54, 1.807) is 18.2 Å². The molecule has 1 amide bonds. The van der Waals surface area contributed by atoms with E-state index in [1.807, 2.05) is 24.3 Å². The Bertz CT molecular complexity index is 869. The molecule has 0 fully saturated rings. The van der Waals surface area contributed by atoms with Crippen molar-refractivity contribution in [3.8, 4) is 0 Å². The molecule has 25 heavy (non-hydrogen) atoms. The number of carboxylic acid groups (broad SMARTS) is 1. The van der Waals surface area contributed by atoms with Crippen molar-refractivity contribution < 1.29 is 14.7 Å². The Morgan fingerprint density at radius 1 is 1.12 bits per heavy atom. The lowest BCUT2D eigenvalue weighted by Gasteiger charge is -2.20. The molecule has 0 saturated carbocycles. The van der Waals surface area contributed by atoms with Gasteiger partial charge in [-0.05, 0) is 47.4 Å². The van der Waals surface area contributed by atoms with Gasteiger partial charge < -0.3 is 10.4 Å². The summed E-state index contributed by atoms with van der Waals surface area (Å²) in [7, 11) is 0. The molecule has 1 aliphatic rings. The zero-order valence-corrected chi connectivity index (χ0v) is 14.0. The molecular formula is C20H16ClNO3. The Morgan fingerprint density at radius 3 is 2.56 bits per heavy atom. The van der Waals surface area contributed by atoms with Gasteiger partial charge in [-0.25, -0.2) is 4.79 Å². The van der Waals surface area contributed by atoms with E-state index in [-0.39, 0.29) is 16.8 Å². The molecule has 126 valence electrons. The SMILES string of the molecule is O=C(/C=C/C1=CCc2ccccc2C1Cl)Nc1ccc(C(=O)O)cc1. The van der Waals surface area contributed by atoms with E-state index >= 15 is 0 Å². The third-order valence-corrected chi connectivity index (χ3v) is 4.49. The van der Waals surface area contributed by atoms with E-state index in [2.05, 4.69) is 11.4 Å². The summed E-state index contributed by atoms with van der Waals surface area (Å²) in [5, 5.41) is 11.3. The van der Waals surface area contributed by atoms with Gasteiger partial charge in [0.25, 0.3) is 0 Å².